The number of hydrogen-bond acceptors (Lipinski definition) is 9. The minimum Gasteiger partial charge on any atom is -0.491 e. The van der Waals surface area contributed by atoms with E-state index in [1.165, 1.54) is 16.6 Å². The summed E-state index contributed by atoms with van der Waals surface area (Å²) in [4.78, 5) is 7.69. The van der Waals surface area contributed by atoms with E-state index in [9.17, 15) is 21.9 Å². The molecule has 1 spiro atoms. The monoisotopic (exact) mass is 590 g/mol. The van der Waals surface area contributed by atoms with Crippen molar-refractivity contribution in [1.82, 2.24) is 19.6 Å². The third-order valence-corrected chi connectivity index (χ3v) is 12.2. The Balaban J connectivity index is 0.965. The Labute approximate surface area is 233 Å². The Morgan fingerprint density at radius 3 is 2.73 bits per heavy atom. The number of sulfonamides is 1. The van der Waals surface area contributed by atoms with Gasteiger partial charge in [0.25, 0.3) is 0 Å². The lowest BCUT2D eigenvalue weighted by molar-refractivity contribution is -0.0312. The summed E-state index contributed by atoms with van der Waals surface area (Å²) < 4.78 is 64.7. The molecule has 0 amide bonds. The van der Waals surface area contributed by atoms with Gasteiger partial charge in [-0.2, -0.15) is 4.31 Å². The first-order valence-corrected chi connectivity index (χ1v) is 16.6. The Hall–Kier alpha value is -2.55. The number of piperidine rings is 1. The second-order valence-electron chi connectivity index (χ2n) is 11.0. The predicted octanol–water partition coefficient (Wildman–Crippen LogP) is 1.84. The van der Waals surface area contributed by atoms with Crippen molar-refractivity contribution < 1.29 is 31.4 Å². The van der Waals surface area contributed by atoms with Crippen molar-refractivity contribution >= 4 is 30.9 Å². The van der Waals surface area contributed by atoms with Gasteiger partial charge in [-0.25, -0.2) is 16.8 Å². The highest BCUT2D eigenvalue weighted by Crippen LogP contribution is 2.38. The van der Waals surface area contributed by atoms with Gasteiger partial charge in [0.2, 0.25) is 10.0 Å². The zero-order chi connectivity index (χ0) is 28.0. The Kier molecular flexibility index (Phi) is 7.38. The Morgan fingerprint density at radius 2 is 1.95 bits per heavy atom. The first-order valence-electron chi connectivity index (χ1n) is 13.6. The maximum atomic E-state index is 13.2. The maximum absolute atomic E-state index is 13.2. The highest BCUT2D eigenvalue weighted by atomic mass is 32.2. The normalized spacial score (nSPS) is 22.6. The molecule has 13 heteroatoms. The van der Waals surface area contributed by atoms with E-state index >= 15 is 0 Å². The highest BCUT2D eigenvalue weighted by molar-refractivity contribution is 7.92. The van der Waals surface area contributed by atoms with Gasteiger partial charge in [0, 0.05) is 38.1 Å². The molecule has 0 radical (unpaired) electrons. The van der Waals surface area contributed by atoms with E-state index in [4.69, 9.17) is 9.47 Å². The zero-order valence-electron chi connectivity index (χ0n) is 22.0. The number of nitrogens with one attached hydrogen (secondary N) is 2. The molecule has 0 bridgehead atoms. The number of sulfone groups is 1. The zero-order valence-corrected chi connectivity index (χ0v) is 23.7. The Morgan fingerprint density at radius 1 is 1.15 bits per heavy atom. The molecular formula is C27H34N4O7S2. The maximum Gasteiger partial charge on any atom is 0.244 e. The molecule has 1 aromatic carbocycles. The number of aromatic amines is 1. The van der Waals surface area contributed by atoms with Gasteiger partial charge < -0.3 is 24.9 Å². The minimum atomic E-state index is -3.65. The highest BCUT2D eigenvalue weighted by Gasteiger charge is 2.45. The van der Waals surface area contributed by atoms with Crippen molar-refractivity contribution in [2.24, 2.45) is 0 Å². The molecule has 1 unspecified atom stereocenters. The van der Waals surface area contributed by atoms with Crippen molar-refractivity contribution in [1.29, 1.82) is 0 Å². The number of rotatable bonds is 10. The van der Waals surface area contributed by atoms with Gasteiger partial charge in [-0.1, -0.05) is 6.07 Å². The lowest BCUT2D eigenvalue weighted by atomic mass is 9.88. The van der Waals surface area contributed by atoms with E-state index in [2.05, 4.69) is 15.3 Å². The molecule has 1 aliphatic carbocycles. The fourth-order valence-electron chi connectivity index (χ4n) is 5.53. The van der Waals surface area contributed by atoms with Crippen molar-refractivity contribution in [3.8, 4) is 5.75 Å². The number of hydrogen-bond donors (Lipinski definition) is 3. The van der Waals surface area contributed by atoms with Gasteiger partial charge in [-0.15, -0.1) is 0 Å². The van der Waals surface area contributed by atoms with Crippen molar-refractivity contribution in [3.63, 3.8) is 0 Å². The van der Waals surface area contributed by atoms with E-state index in [-0.39, 0.29) is 33.3 Å². The summed E-state index contributed by atoms with van der Waals surface area (Å²) in [6.45, 7) is 1.52. The van der Waals surface area contributed by atoms with Crippen LogP contribution in [-0.4, -0.2) is 92.1 Å². The fraction of sp³-hybridized carbons (Fsp3) is 0.519. The summed E-state index contributed by atoms with van der Waals surface area (Å²) in [5.41, 5.74) is 1.02. The first-order chi connectivity index (χ1) is 19.1. The second kappa shape index (κ2) is 10.7. The first kappa shape index (κ1) is 27.6. The fourth-order valence-corrected chi connectivity index (χ4v) is 8.63. The van der Waals surface area contributed by atoms with Gasteiger partial charge >= 0.3 is 0 Å². The van der Waals surface area contributed by atoms with E-state index < -0.39 is 26.0 Å². The number of aliphatic hydroxyl groups is 1. The molecule has 3 aliphatic rings. The van der Waals surface area contributed by atoms with Crippen molar-refractivity contribution in [2.75, 3.05) is 32.8 Å². The van der Waals surface area contributed by atoms with Crippen LogP contribution in [0.2, 0.25) is 0 Å². The number of aliphatic hydroxyl groups excluding tert-OH is 1. The van der Waals surface area contributed by atoms with E-state index in [0.717, 1.165) is 11.9 Å². The van der Waals surface area contributed by atoms with Crippen LogP contribution < -0.4 is 10.1 Å². The molecule has 216 valence electrons. The van der Waals surface area contributed by atoms with Gasteiger partial charge in [0.1, 0.15) is 23.4 Å². The van der Waals surface area contributed by atoms with Crippen LogP contribution in [0.25, 0.3) is 11.0 Å². The lowest BCUT2D eigenvalue weighted by Gasteiger charge is -2.38. The second-order valence-corrected chi connectivity index (χ2v) is 15.1. The minimum absolute atomic E-state index is 0.0224. The van der Waals surface area contributed by atoms with E-state index in [1.807, 2.05) is 0 Å². The summed E-state index contributed by atoms with van der Waals surface area (Å²) >= 11 is 0. The molecule has 2 atom stereocenters. The number of H-pyrrole nitrogens is 1. The summed E-state index contributed by atoms with van der Waals surface area (Å²) in [7, 11) is -6.96. The number of aromatic nitrogens is 2. The molecule has 3 fully saturated rings. The molecule has 2 saturated heterocycles. The lowest BCUT2D eigenvalue weighted by Crippen LogP contribution is -2.47. The van der Waals surface area contributed by atoms with Crippen LogP contribution in [0.4, 0.5) is 0 Å². The van der Waals surface area contributed by atoms with Gasteiger partial charge in [0.15, 0.2) is 9.84 Å². The third-order valence-electron chi connectivity index (χ3n) is 8.04. The van der Waals surface area contributed by atoms with Crippen LogP contribution in [0, 0.1) is 0 Å². The molecule has 3 N–H and O–H groups in total. The van der Waals surface area contributed by atoms with Crippen LogP contribution in [0.1, 0.15) is 32.1 Å². The van der Waals surface area contributed by atoms with Crippen molar-refractivity contribution in [3.05, 3.63) is 48.8 Å². The summed E-state index contributed by atoms with van der Waals surface area (Å²) in [5.74, 6) is 0.411. The largest absolute Gasteiger partial charge is 0.491 e. The molecule has 11 nitrogen and oxygen atoms in total. The van der Waals surface area contributed by atoms with Crippen LogP contribution in [0.5, 0.6) is 5.75 Å². The number of ether oxygens (including phenoxy) is 2. The molecule has 3 aromatic rings. The molecule has 6 rings (SSSR count). The smallest absolute Gasteiger partial charge is 0.244 e. The summed E-state index contributed by atoms with van der Waals surface area (Å²) in [6, 6.07) is 9.88. The average molecular weight is 591 g/mol. The predicted molar refractivity (Wildman–Crippen MR) is 147 cm³/mol. The van der Waals surface area contributed by atoms with Gasteiger partial charge in [-0.05, 0) is 62.4 Å². The number of fused-ring (bicyclic) bond motifs is 1. The molecule has 4 heterocycles. The third kappa shape index (κ3) is 5.63. The van der Waals surface area contributed by atoms with Crippen LogP contribution in [-0.2, 0) is 24.6 Å². The molecule has 2 aliphatic heterocycles. The Bertz CT molecular complexity index is 1580. The summed E-state index contributed by atoms with van der Waals surface area (Å²) in [6.07, 6.45) is 5.65. The number of pyridine rings is 1. The average Bonchev–Trinajstić information content (AvgIpc) is 3.60. The van der Waals surface area contributed by atoms with Gasteiger partial charge in [0.05, 0.1) is 33.4 Å². The molecule has 40 heavy (non-hydrogen) atoms. The van der Waals surface area contributed by atoms with Crippen LogP contribution in [0.15, 0.2) is 58.6 Å². The van der Waals surface area contributed by atoms with Crippen LogP contribution >= 0.6 is 0 Å². The summed E-state index contributed by atoms with van der Waals surface area (Å²) in [5, 5.41) is 13.5. The SMILES string of the molecule is O=S(=O)(c1cccc(OCC(O)CN[C@H]2COC3(CCN(S(=O)(=O)c4cnc5cc[nH]c5c4)CC3)C2)c1)C1CC1. The number of nitrogens with zero attached hydrogens (tertiary/aromatic N) is 2. The quantitative estimate of drug-likeness (QED) is 0.321. The molecule has 1 saturated carbocycles. The standard InChI is InChI=1S/C27H34N4O7S2/c32-20(18-37-21-2-1-3-23(12-21)39(33,34)22-4-5-22)15-29-19-14-27(38-17-19)7-10-31(11-8-27)40(35,36)24-13-26-25(30-16-24)6-9-28-26/h1-3,6,9,12-13,16,19-20,22,28-29,32H,4-5,7-8,10-11,14-15,17-18H2/t19-,20?/m1/s1. The van der Waals surface area contributed by atoms with Gasteiger partial charge in [-0.3, -0.25) is 4.98 Å². The molecule has 2 aromatic heterocycles. The van der Waals surface area contributed by atoms with E-state index in [0.29, 0.717) is 63.2 Å². The van der Waals surface area contributed by atoms with Crippen molar-refractivity contribution in [2.45, 2.75) is 64.9 Å². The topological polar surface area (TPSA) is 151 Å². The number of benzene rings is 1. The van der Waals surface area contributed by atoms with E-state index in [1.54, 1.807) is 36.5 Å². The van der Waals surface area contributed by atoms with Crippen LogP contribution in [0.3, 0.4) is 0 Å². The molecular weight excluding hydrogens is 556 g/mol.